The molecule has 2 aliphatic carbocycles. The number of hydrogen-bond donors (Lipinski definition) is 2. The fraction of sp³-hybridized carbons (Fsp3) is 0.429. The van der Waals surface area contributed by atoms with Crippen LogP contribution in [0.3, 0.4) is 0 Å². The van der Waals surface area contributed by atoms with E-state index in [1.807, 2.05) is 18.2 Å². The Hall–Kier alpha value is -2.60. The number of hydrogen-bond acceptors (Lipinski definition) is 4. The number of aliphatic hydroxyl groups is 1. The van der Waals surface area contributed by atoms with Crippen LogP contribution in [0.5, 0.6) is 0 Å². The van der Waals surface area contributed by atoms with Gasteiger partial charge >= 0.3 is 0 Å². The van der Waals surface area contributed by atoms with Crippen molar-refractivity contribution in [2.45, 2.75) is 19.3 Å². The average molecular weight is 362 g/mol. The van der Waals surface area contributed by atoms with E-state index in [1.165, 1.54) is 11.4 Å². The average Bonchev–Trinajstić information content (AvgIpc) is 3.11. The molecule has 3 N–H and O–H groups in total. The summed E-state index contributed by atoms with van der Waals surface area (Å²) < 4.78 is 2.16. The molecular formula is C21H22N4O2. The summed E-state index contributed by atoms with van der Waals surface area (Å²) in [6, 6.07) is 8.05. The first-order valence-electron chi connectivity index (χ1n) is 9.79. The Morgan fingerprint density at radius 1 is 1.19 bits per heavy atom. The van der Waals surface area contributed by atoms with Gasteiger partial charge in [-0.25, -0.2) is 4.98 Å². The van der Waals surface area contributed by atoms with E-state index >= 15 is 0 Å². The zero-order chi connectivity index (χ0) is 18.3. The lowest BCUT2D eigenvalue weighted by molar-refractivity contribution is 0.100. The summed E-state index contributed by atoms with van der Waals surface area (Å²) in [6.07, 6.45) is 2.91. The molecule has 6 rings (SSSR count). The van der Waals surface area contributed by atoms with Crippen molar-refractivity contribution in [3.8, 4) is 0 Å². The van der Waals surface area contributed by atoms with E-state index in [2.05, 4.69) is 15.4 Å². The van der Waals surface area contributed by atoms with E-state index in [-0.39, 0.29) is 5.91 Å². The predicted molar refractivity (Wildman–Crippen MR) is 103 cm³/mol. The Kier molecular flexibility index (Phi) is 2.99. The molecule has 1 amide bonds. The number of pyridine rings is 1. The minimum atomic E-state index is -0.385. The molecule has 2 aromatic heterocycles. The maximum Gasteiger partial charge on any atom is 0.252 e. The molecule has 6 heteroatoms. The smallest absolute Gasteiger partial charge is 0.252 e. The van der Waals surface area contributed by atoms with Gasteiger partial charge in [0.2, 0.25) is 0 Å². The molecule has 6 nitrogen and oxygen atoms in total. The molecule has 1 aromatic carbocycles. The molecule has 0 spiro atoms. The first-order chi connectivity index (χ1) is 13.2. The van der Waals surface area contributed by atoms with E-state index in [1.54, 1.807) is 0 Å². The van der Waals surface area contributed by atoms with E-state index in [0.29, 0.717) is 35.6 Å². The molecule has 0 radical (unpaired) electrons. The highest BCUT2D eigenvalue weighted by molar-refractivity contribution is 6.03. The van der Waals surface area contributed by atoms with Crippen LogP contribution in [0, 0.1) is 17.8 Å². The zero-order valence-corrected chi connectivity index (χ0v) is 15.1. The van der Waals surface area contributed by atoms with Crippen LogP contribution < -0.4 is 10.6 Å². The van der Waals surface area contributed by atoms with Crippen LogP contribution in [-0.4, -0.2) is 40.1 Å². The summed E-state index contributed by atoms with van der Waals surface area (Å²) in [5.74, 6) is 2.46. The topological polar surface area (TPSA) is 83.9 Å². The van der Waals surface area contributed by atoms with Crippen molar-refractivity contribution < 1.29 is 9.90 Å². The molecular weight excluding hydrogens is 340 g/mol. The van der Waals surface area contributed by atoms with Crippen LogP contribution in [0.25, 0.3) is 16.7 Å². The maximum atomic E-state index is 12.4. The number of aromatic nitrogens is 2. The van der Waals surface area contributed by atoms with Gasteiger partial charge in [-0.05, 0) is 60.3 Å². The van der Waals surface area contributed by atoms with Gasteiger partial charge in [0.25, 0.3) is 5.91 Å². The zero-order valence-electron chi connectivity index (χ0n) is 15.1. The van der Waals surface area contributed by atoms with Crippen LogP contribution >= 0.6 is 0 Å². The van der Waals surface area contributed by atoms with Crippen LogP contribution in [0.2, 0.25) is 0 Å². The van der Waals surface area contributed by atoms with Crippen molar-refractivity contribution in [2.75, 3.05) is 24.6 Å². The number of rotatable bonds is 3. The molecule has 1 aliphatic heterocycles. The summed E-state index contributed by atoms with van der Waals surface area (Å²) in [6.45, 7) is 2.24. The second-order valence-electron chi connectivity index (χ2n) is 8.21. The van der Waals surface area contributed by atoms with Crippen molar-refractivity contribution in [1.29, 1.82) is 0 Å². The lowest BCUT2D eigenvalue weighted by Gasteiger charge is -2.27. The van der Waals surface area contributed by atoms with Gasteiger partial charge in [0, 0.05) is 19.7 Å². The lowest BCUT2D eigenvalue weighted by atomic mass is 10.0. The van der Waals surface area contributed by atoms with Gasteiger partial charge in [-0.1, -0.05) is 12.1 Å². The monoisotopic (exact) mass is 362 g/mol. The fourth-order valence-corrected chi connectivity index (χ4v) is 5.63. The van der Waals surface area contributed by atoms with E-state index < -0.39 is 0 Å². The molecule has 3 aliphatic rings. The van der Waals surface area contributed by atoms with Crippen molar-refractivity contribution in [3.63, 3.8) is 0 Å². The molecule has 138 valence electrons. The summed E-state index contributed by atoms with van der Waals surface area (Å²) >= 11 is 0. The standard InChI is InChI=1S/C21H22N4O2/c22-19(27)18-11-4-3-5-12(11)21(24-8-13-14(9-24)15(13)10-26)25-17-7-2-1-6-16(17)23-20(18)25/h1-2,6-7,13-15,26H,3-5,8-10H2,(H2,22,27)/t13-,14+,15+. The highest BCUT2D eigenvalue weighted by Crippen LogP contribution is 2.53. The summed E-state index contributed by atoms with van der Waals surface area (Å²) in [5.41, 5.74) is 11.4. The number of piperidine rings is 1. The quantitative estimate of drug-likeness (QED) is 0.743. The highest BCUT2D eigenvalue weighted by atomic mass is 16.3. The first-order valence-corrected chi connectivity index (χ1v) is 9.79. The number of anilines is 1. The van der Waals surface area contributed by atoms with Crippen molar-refractivity contribution in [2.24, 2.45) is 23.5 Å². The summed E-state index contributed by atoms with van der Waals surface area (Å²) in [4.78, 5) is 19.6. The largest absolute Gasteiger partial charge is 0.396 e. The first kappa shape index (κ1) is 15.5. The van der Waals surface area contributed by atoms with Gasteiger partial charge < -0.3 is 15.7 Å². The number of carbonyl (C=O) groups excluding carboxylic acids is 1. The van der Waals surface area contributed by atoms with E-state index in [9.17, 15) is 9.90 Å². The number of benzene rings is 1. The van der Waals surface area contributed by atoms with Crippen LogP contribution in [-0.2, 0) is 12.8 Å². The third-order valence-corrected chi connectivity index (χ3v) is 6.91. The van der Waals surface area contributed by atoms with Crippen molar-refractivity contribution in [3.05, 3.63) is 41.0 Å². The van der Waals surface area contributed by atoms with Crippen LogP contribution in [0.15, 0.2) is 24.3 Å². The number of amides is 1. The van der Waals surface area contributed by atoms with Crippen LogP contribution in [0.4, 0.5) is 5.82 Å². The molecule has 27 heavy (non-hydrogen) atoms. The predicted octanol–water partition coefficient (Wildman–Crippen LogP) is 1.75. The second kappa shape index (κ2) is 5.23. The van der Waals surface area contributed by atoms with E-state index in [0.717, 1.165) is 48.9 Å². The number of nitrogens with two attached hydrogens (primary N) is 1. The molecule has 3 atom stereocenters. The molecule has 3 heterocycles. The van der Waals surface area contributed by atoms with Crippen LogP contribution in [0.1, 0.15) is 27.9 Å². The van der Waals surface area contributed by atoms with Gasteiger partial charge in [-0.15, -0.1) is 0 Å². The normalized spacial score (nSPS) is 26.0. The highest BCUT2D eigenvalue weighted by Gasteiger charge is 2.55. The lowest BCUT2D eigenvalue weighted by Crippen LogP contribution is -2.29. The fourth-order valence-electron chi connectivity index (χ4n) is 5.63. The third kappa shape index (κ3) is 1.94. The molecule has 3 aromatic rings. The number of aliphatic hydroxyl groups excluding tert-OH is 1. The Morgan fingerprint density at radius 2 is 1.93 bits per heavy atom. The van der Waals surface area contributed by atoms with Gasteiger partial charge in [0.05, 0.1) is 16.6 Å². The molecule has 1 saturated carbocycles. The summed E-state index contributed by atoms with van der Waals surface area (Å²) in [7, 11) is 0. The number of fused-ring (bicyclic) bond motifs is 5. The number of para-hydroxylation sites is 2. The second-order valence-corrected chi connectivity index (χ2v) is 8.21. The number of nitrogens with zero attached hydrogens (tertiary/aromatic N) is 3. The number of imidazole rings is 1. The Labute approximate surface area is 156 Å². The Bertz CT molecular complexity index is 1110. The maximum absolute atomic E-state index is 12.4. The summed E-state index contributed by atoms with van der Waals surface area (Å²) in [5, 5.41) is 9.52. The number of carbonyl (C=O) groups is 1. The molecule has 2 fully saturated rings. The van der Waals surface area contributed by atoms with Gasteiger partial charge in [-0.2, -0.15) is 0 Å². The van der Waals surface area contributed by atoms with Crippen molar-refractivity contribution in [1.82, 2.24) is 9.38 Å². The molecule has 1 saturated heterocycles. The SMILES string of the molecule is NC(=O)c1c2c(c(N3C[C@@H]4[C@@H](CO)[C@@H]4C3)n3c1nc1ccccc13)CCC2. The Balaban J connectivity index is 1.65. The third-order valence-electron chi connectivity index (χ3n) is 6.91. The van der Waals surface area contributed by atoms with Gasteiger partial charge in [0.1, 0.15) is 5.82 Å². The van der Waals surface area contributed by atoms with Crippen molar-refractivity contribution >= 4 is 28.4 Å². The van der Waals surface area contributed by atoms with Gasteiger partial charge in [-0.3, -0.25) is 9.20 Å². The molecule has 0 unspecified atom stereocenters. The number of primary amides is 1. The molecule has 0 bridgehead atoms. The van der Waals surface area contributed by atoms with E-state index in [4.69, 9.17) is 10.7 Å². The minimum Gasteiger partial charge on any atom is -0.396 e. The minimum absolute atomic E-state index is 0.297. The van der Waals surface area contributed by atoms with Gasteiger partial charge in [0.15, 0.2) is 5.65 Å². The Morgan fingerprint density at radius 3 is 2.67 bits per heavy atom.